The van der Waals surface area contributed by atoms with E-state index in [0.717, 1.165) is 49.3 Å². The third-order valence-electron chi connectivity index (χ3n) is 3.99. The summed E-state index contributed by atoms with van der Waals surface area (Å²) in [5.41, 5.74) is 1.15. The van der Waals surface area contributed by atoms with Gasteiger partial charge in [-0.15, -0.1) is 0 Å². The summed E-state index contributed by atoms with van der Waals surface area (Å²) in [5.74, 6) is 1.56. The zero-order chi connectivity index (χ0) is 15.1. The van der Waals surface area contributed by atoms with E-state index in [9.17, 15) is 5.11 Å². The van der Waals surface area contributed by atoms with Gasteiger partial charge in [0, 0.05) is 12.6 Å². The molecule has 4 heteroatoms. The van der Waals surface area contributed by atoms with Crippen LogP contribution >= 0.6 is 0 Å². The predicted octanol–water partition coefficient (Wildman–Crippen LogP) is 2.88. The molecule has 1 saturated carbocycles. The van der Waals surface area contributed by atoms with Gasteiger partial charge in [0.25, 0.3) is 0 Å². The van der Waals surface area contributed by atoms with Crippen molar-refractivity contribution in [2.45, 2.75) is 57.7 Å². The Labute approximate surface area is 127 Å². The van der Waals surface area contributed by atoms with Crippen molar-refractivity contribution in [3.63, 3.8) is 0 Å². The standard InChI is InChI=1S/C17H27NO3/c1-3-10-21-16-9-8-13(11-17(16)20-2)12-18-14-6-4-5-7-15(14)19/h8-9,11,14-15,18-19H,3-7,10,12H2,1-2H3. The maximum Gasteiger partial charge on any atom is 0.161 e. The Balaban J connectivity index is 1.93. The van der Waals surface area contributed by atoms with Crippen LogP contribution in [0.1, 0.15) is 44.6 Å². The number of nitrogens with one attached hydrogen (secondary N) is 1. The maximum absolute atomic E-state index is 9.98. The first-order valence-electron chi connectivity index (χ1n) is 7.95. The number of rotatable bonds is 7. The molecule has 1 aromatic carbocycles. The molecule has 2 atom stereocenters. The summed E-state index contributed by atoms with van der Waals surface area (Å²) in [4.78, 5) is 0. The van der Waals surface area contributed by atoms with E-state index >= 15 is 0 Å². The Morgan fingerprint density at radius 2 is 2.05 bits per heavy atom. The molecule has 0 heterocycles. The fraction of sp³-hybridized carbons (Fsp3) is 0.647. The molecule has 2 N–H and O–H groups in total. The van der Waals surface area contributed by atoms with Crippen LogP contribution in [0.3, 0.4) is 0 Å². The minimum Gasteiger partial charge on any atom is -0.493 e. The van der Waals surface area contributed by atoms with Crippen molar-refractivity contribution in [1.29, 1.82) is 0 Å². The van der Waals surface area contributed by atoms with Crippen LogP contribution < -0.4 is 14.8 Å². The van der Waals surface area contributed by atoms with Gasteiger partial charge in [-0.3, -0.25) is 0 Å². The van der Waals surface area contributed by atoms with Crippen LogP contribution in [0.4, 0.5) is 0 Å². The lowest BCUT2D eigenvalue weighted by molar-refractivity contribution is 0.0902. The highest BCUT2D eigenvalue weighted by Crippen LogP contribution is 2.28. The molecule has 21 heavy (non-hydrogen) atoms. The van der Waals surface area contributed by atoms with Gasteiger partial charge in [-0.2, -0.15) is 0 Å². The van der Waals surface area contributed by atoms with Gasteiger partial charge in [0.05, 0.1) is 19.8 Å². The lowest BCUT2D eigenvalue weighted by Gasteiger charge is -2.28. The van der Waals surface area contributed by atoms with Gasteiger partial charge in [-0.25, -0.2) is 0 Å². The predicted molar refractivity (Wildman–Crippen MR) is 83.9 cm³/mol. The maximum atomic E-state index is 9.98. The van der Waals surface area contributed by atoms with Crippen LogP contribution in [0.5, 0.6) is 11.5 Å². The van der Waals surface area contributed by atoms with Crippen LogP contribution in [0.15, 0.2) is 18.2 Å². The number of aliphatic hydroxyl groups excluding tert-OH is 1. The first-order chi connectivity index (χ1) is 10.2. The van der Waals surface area contributed by atoms with E-state index < -0.39 is 0 Å². The third-order valence-corrected chi connectivity index (χ3v) is 3.99. The number of benzene rings is 1. The lowest BCUT2D eigenvalue weighted by Crippen LogP contribution is -2.41. The normalized spacial score (nSPS) is 22.0. The summed E-state index contributed by atoms with van der Waals surface area (Å²) in [6.45, 7) is 3.52. The van der Waals surface area contributed by atoms with E-state index in [0.29, 0.717) is 6.61 Å². The van der Waals surface area contributed by atoms with E-state index in [-0.39, 0.29) is 12.1 Å². The molecule has 0 aliphatic heterocycles. The van der Waals surface area contributed by atoms with Gasteiger partial charge in [0.15, 0.2) is 11.5 Å². The minimum atomic E-state index is -0.215. The van der Waals surface area contributed by atoms with Gasteiger partial charge in [0.1, 0.15) is 0 Å². The molecule has 0 bridgehead atoms. The van der Waals surface area contributed by atoms with Crippen molar-refractivity contribution in [3.8, 4) is 11.5 Å². The highest BCUT2D eigenvalue weighted by molar-refractivity contribution is 5.42. The monoisotopic (exact) mass is 293 g/mol. The molecule has 0 amide bonds. The van der Waals surface area contributed by atoms with Crippen molar-refractivity contribution in [3.05, 3.63) is 23.8 Å². The first-order valence-corrected chi connectivity index (χ1v) is 7.95. The van der Waals surface area contributed by atoms with E-state index in [1.54, 1.807) is 7.11 Å². The van der Waals surface area contributed by atoms with E-state index in [1.807, 2.05) is 12.1 Å². The molecule has 0 radical (unpaired) electrons. The largest absolute Gasteiger partial charge is 0.493 e. The average molecular weight is 293 g/mol. The smallest absolute Gasteiger partial charge is 0.161 e. The zero-order valence-electron chi connectivity index (χ0n) is 13.1. The van der Waals surface area contributed by atoms with Crippen molar-refractivity contribution in [2.24, 2.45) is 0 Å². The van der Waals surface area contributed by atoms with Gasteiger partial charge < -0.3 is 19.9 Å². The number of methoxy groups -OCH3 is 1. The molecular formula is C17H27NO3. The van der Waals surface area contributed by atoms with Gasteiger partial charge in [-0.05, 0) is 37.0 Å². The van der Waals surface area contributed by atoms with Crippen molar-refractivity contribution < 1.29 is 14.6 Å². The Morgan fingerprint density at radius 3 is 2.76 bits per heavy atom. The molecule has 2 unspecified atom stereocenters. The summed E-state index contributed by atoms with van der Waals surface area (Å²) >= 11 is 0. The number of hydrogen-bond acceptors (Lipinski definition) is 4. The van der Waals surface area contributed by atoms with Gasteiger partial charge >= 0.3 is 0 Å². The van der Waals surface area contributed by atoms with Gasteiger partial charge in [0.2, 0.25) is 0 Å². The average Bonchev–Trinajstić information content (AvgIpc) is 2.52. The first kappa shape index (κ1) is 16.1. The quantitative estimate of drug-likeness (QED) is 0.811. The summed E-state index contributed by atoms with van der Waals surface area (Å²) < 4.78 is 11.1. The second-order valence-corrected chi connectivity index (χ2v) is 5.67. The van der Waals surface area contributed by atoms with E-state index in [2.05, 4.69) is 18.3 Å². The Bertz CT molecular complexity index is 436. The van der Waals surface area contributed by atoms with Gasteiger partial charge in [-0.1, -0.05) is 25.8 Å². The fourth-order valence-corrected chi connectivity index (χ4v) is 2.75. The second kappa shape index (κ2) is 8.25. The molecule has 1 aliphatic rings. The fourth-order valence-electron chi connectivity index (χ4n) is 2.75. The molecule has 1 fully saturated rings. The number of aliphatic hydroxyl groups is 1. The number of ether oxygens (including phenoxy) is 2. The third kappa shape index (κ3) is 4.61. The molecule has 2 rings (SSSR count). The van der Waals surface area contributed by atoms with Crippen LogP contribution in [-0.2, 0) is 6.54 Å². The Hall–Kier alpha value is -1.26. The number of hydrogen-bond donors (Lipinski definition) is 2. The zero-order valence-corrected chi connectivity index (χ0v) is 13.1. The molecule has 118 valence electrons. The summed E-state index contributed by atoms with van der Waals surface area (Å²) in [7, 11) is 1.66. The van der Waals surface area contributed by atoms with Crippen molar-refractivity contribution >= 4 is 0 Å². The van der Waals surface area contributed by atoms with E-state index in [1.165, 1.54) is 6.42 Å². The van der Waals surface area contributed by atoms with Crippen LogP contribution in [-0.4, -0.2) is 31.0 Å². The molecule has 0 aromatic heterocycles. The van der Waals surface area contributed by atoms with Crippen LogP contribution in [0.25, 0.3) is 0 Å². The van der Waals surface area contributed by atoms with Crippen LogP contribution in [0.2, 0.25) is 0 Å². The Morgan fingerprint density at radius 1 is 1.24 bits per heavy atom. The summed E-state index contributed by atoms with van der Waals surface area (Å²) in [6, 6.07) is 6.23. The van der Waals surface area contributed by atoms with Crippen LogP contribution in [0, 0.1) is 0 Å². The molecule has 0 spiro atoms. The second-order valence-electron chi connectivity index (χ2n) is 5.67. The van der Waals surface area contributed by atoms with E-state index in [4.69, 9.17) is 9.47 Å². The molecular weight excluding hydrogens is 266 g/mol. The minimum absolute atomic E-state index is 0.209. The SMILES string of the molecule is CCCOc1ccc(CNC2CCCCC2O)cc1OC. The molecule has 4 nitrogen and oxygen atoms in total. The highest BCUT2D eigenvalue weighted by atomic mass is 16.5. The Kier molecular flexibility index (Phi) is 6.33. The molecule has 0 saturated heterocycles. The lowest BCUT2D eigenvalue weighted by atomic mass is 9.92. The van der Waals surface area contributed by atoms with Crippen molar-refractivity contribution in [2.75, 3.05) is 13.7 Å². The summed E-state index contributed by atoms with van der Waals surface area (Å²) in [6.07, 6.45) is 5.05. The molecule has 1 aliphatic carbocycles. The summed E-state index contributed by atoms with van der Waals surface area (Å²) in [5, 5.41) is 13.4. The molecule has 1 aromatic rings. The topological polar surface area (TPSA) is 50.7 Å². The van der Waals surface area contributed by atoms with Crippen molar-refractivity contribution in [1.82, 2.24) is 5.32 Å². The highest BCUT2D eigenvalue weighted by Gasteiger charge is 2.22.